The minimum atomic E-state index is -2.61. The Bertz CT molecular complexity index is 346. The molecule has 3 atom stereocenters. The SMILES string of the molecule is CC12CCCCC1CCC2CCCN1CC(OC(F)F)C1. The number of hydrogen-bond acceptors (Lipinski definition) is 2. The first-order chi connectivity index (χ1) is 10.1. The van der Waals surface area contributed by atoms with Gasteiger partial charge in [0.1, 0.15) is 0 Å². The summed E-state index contributed by atoms with van der Waals surface area (Å²) in [6, 6.07) is 0. The standard InChI is InChI=1S/C17H29F2NO/c1-17-9-3-2-5-13(17)7-8-14(17)6-4-10-20-11-15(12-20)21-16(18)19/h13-16H,2-12H2,1H3. The molecule has 0 aromatic heterocycles. The van der Waals surface area contributed by atoms with Crippen molar-refractivity contribution in [1.29, 1.82) is 0 Å². The maximum atomic E-state index is 12.0. The maximum Gasteiger partial charge on any atom is 0.345 e. The highest BCUT2D eigenvalue weighted by Gasteiger charge is 2.46. The highest BCUT2D eigenvalue weighted by Crippen LogP contribution is 2.56. The van der Waals surface area contributed by atoms with E-state index in [1.165, 1.54) is 51.4 Å². The molecule has 3 unspecified atom stereocenters. The molecule has 3 fully saturated rings. The topological polar surface area (TPSA) is 12.5 Å². The summed E-state index contributed by atoms with van der Waals surface area (Å²) in [7, 11) is 0. The average molecular weight is 301 g/mol. The first-order valence-electron chi connectivity index (χ1n) is 8.74. The number of likely N-dealkylation sites (tertiary alicyclic amines) is 1. The summed E-state index contributed by atoms with van der Waals surface area (Å²) in [4.78, 5) is 2.25. The van der Waals surface area contributed by atoms with Gasteiger partial charge in [-0.2, -0.15) is 8.78 Å². The fraction of sp³-hybridized carbons (Fsp3) is 1.00. The van der Waals surface area contributed by atoms with Crippen LogP contribution in [0, 0.1) is 17.3 Å². The van der Waals surface area contributed by atoms with E-state index in [1.54, 1.807) is 0 Å². The van der Waals surface area contributed by atoms with Crippen molar-refractivity contribution in [2.75, 3.05) is 19.6 Å². The van der Waals surface area contributed by atoms with Crippen LogP contribution in [0.25, 0.3) is 0 Å². The van der Waals surface area contributed by atoms with Gasteiger partial charge in [-0.05, 0) is 62.3 Å². The first-order valence-corrected chi connectivity index (χ1v) is 8.74. The van der Waals surface area contributed by atoms with Crippen LogP contribution in [0.1, 0.15) is 58.3 Å². The van der Waals surface area contributed by atoms with Crippen LogP contribution >= 0.6 is 0 Å². The van der Waals surface area contributed by atoms with E-state index in [0.29, 0.717) is 18.5 Å². The molecule has 122 valence electrons. The monoisotopic (exact) mass is 301 g/mol. The zero-order chi connectivity index (χ0) is 14.9. The van der Waals surface area contributed by atoms with E-state index in [1.807, 2.05) is 0 Å². The van der Waals surface area contributed by atoms with Crippen LogP contribution in [-0.4, -0.2) is 37.2 Å². The quantitative estimate of drug-likeness (QED) is 0.725. The molecule has 0 radical (unpaired) electrons. The van der Waals surface area contributed by atoms with Crippen molar-refractivity contribution in [2.24, 2.45) is 17.3 Å². The van der Waals surface area contributed by atoms with Gasteiger partial charge in [0.05, 0.1) is 6.10 Å². The Morgan fingerprint density at radius 3 is 2.76 bits per heavy atom. The Hall–Kier alpha value is -0.220. The van der Waals surface area contributed by atoms with Crippen molar-refractivity contribution < 1.29 is 13.5 Å². The largest absolute Gasteiger partial charge is 0.345 e. The third kappa shape index (κ3) is 3.42. The first kappa shape index (κ1) is 15.7. The van der Waals surface area contributed by atoms with E-state index in [4.69, 9.17) is 0 Å². The van der Waals surface area contributed by atoms with Gasteiger partial charge in [0.25, 0.3) is 0 Å². The second kappa shape index (κ2) is 6.49. The molecule has 0 aromatic carbocycles. The van der Waals surface area contributed by atoms with Gasteiger partial charge in [-0.25, -0.2) is 0 Å². The van der Waals surface area contributed by atoms with Crippen LogP contribution < -0.4 is 0 Å². The molecular formula is C17H29F2NO. The highest BCUT2D eigenvalue weighted by atomic mass is 19.3. The number of alkyl halides is 2. The van der Waals surface area contributed by atoms with E-state index in [2.05, 4.69) is 16.6 Å². The predicted molar refractivity (Wildman–Crippen MR) is 79.3 cm³/mol. The molecule has 3 aliphatic rings. The lowest BCUT2D eigenvalue weighted by molar-refractivity contribution is -0.195. The number of halogens is 2. The lowest BCUT2D eigenvalue weighted by Crippen LogP contribution is -2.52. The van der Waals surface area contributed by atoms with Gasteiger partial charge in [0.15, 0.2) is 0 Å². The molecule has 4 heteroatoms. The van der Waals surface area contributed by atoms with Gasteiger partial charge in [-0.1, -0.05) is 19.8 Å². The molecule has 0 aromatic rings. The Labute approximate surface area is 127 Å². The second-order valence-corrected chi connectivity index (χ2v) is 7.64. The van der Waals surface area contributed by atoms with Gasteiger partial charge in [0.2, 0.25) is 0 Å². The van der Waals surface area contributed by atoms with Crippen LogP contribution in [0.5, 0.6) is 0 Å². The number of ether oxygens (including phenoxy) is 1. The van der Waals surface area contributed by atoms with E-state index in [0.717, 1.165) is 18.4 Å². The zero-order valence-electron chi connectivity index (χ0n) is 13.2. The number of rotatable bonds is 6. The fourth-order valence-electron chi connectivity index (χ4n) is 5.15. The summed E-state index contributed by atoms with van der Waals surface area (Å²) in [5.74, 6) is 1.88. The Morgan fingerprint density at radius 2 is 2.00 bits per heavy atom. The molecular weight excluding hydrogens is 272 g/mol. The van der Waals surface area contributed by atoms with Gasteiger partial charge in [-0.15, -0.1) is 0 Å². The van der Waals surface area contributed by atoms with Crippen molar-refractivity contribution >= 4 is 0 Å². The molecule has 1 heterocycles. The van der Waals surface area contributed by atoms with E-state index >= 15 is 0 Å². The Balaban J connectivity index is 1.35. The van der Waals surface area contributed by atoms with Crippen molar-refractivity contribution in [3.63, 3.8) is 0 Å². The predicted octanol–water partition coefficient (Wildman–Crippen LogP) is 4.30. The third-order valence-corrected chi connectivity index (χ3v) is 6.49. The van der Waals surface area contributed by atoms with E-state index < -0.39 is 6.61 Å². The lowest BCUT2D eigenvalue weighted by atomic mass is 9.64. The summed E-state index contributed by atoms with van der Waals surface area (Å²) in [5.41, 5.74) is 0.606. The molecule has 0 N–H and O–H groups in total. The van der Waals surface area contributed by atoms with Crippen LogP contribution in [0.4, 0.5) is 8.78 Å². The molecule has 2 saturated carbocycles. The van der Waals surface area contributed by atoms with Gasteiger partial charge in [-0.3, -0.25) is 4.90 Å². The average Bonchev–Trinajstić information content (AvgIpc) is 2.72. The Morgan fingerprint density at radius 1 is 1.19 bits per heavy atom. The zero-order valence-corrected chi connectivity index (χ0v) is 13.2. The molecule has 0 bridgehead atoms. The molecule has 0 spiro atoms. The molecule has 2 nitrogen and oxygen atoms in total. The van der Waals surface area contributed by atoms with Crippen molar-refractivity contribution in [3.05, 3.63) is 0 Å². The normalized spacial score (nSPS) is 37.7. The molecule has 21 heavy (non-hydrogen) atoms. The second-order valence-electron chi connectivity index (χ2n) is 7.64. The number of fused-ring (bicyclic) bond motifs is 1. The highest BCUT2D eigenvalue weighted by molar-refractivity contribution is 4.97. The van der Waals surface area contributed by atoms with Crippen molar-refractivity contribution in [1.82, 2.24) is 4.90 Å². The van der Waals surface area contributed by atoms with Crippen molar-refractivity contribution in [3.8, 4) is 0 Å². The molecule has 0 amide bonds. The maximum absolute atomic E-state index is 12.0. The fourth-order valence-corrected chi connectivity index (χ4v) is 5.15. The number of hydrogen-bond donors (Lipinski definition) is 0. The molecule has 2 aliphatic carbocycles. The van der Waals surface area contributed by atoms with Crippen LogP contribution in [0.2, 0.25) is 0 Å². The molecule has 1 saturated heterocycles. The summed E-state index contributed by atoms with van der Waals surface area (Å²) in [5, 5.41) is 0. The summed E-state index contributed by atoms with van der Waals surface area (Å²) in [6.07, 6.45) is 10.9. The minimum Gasteiger partial charge on any atom is -0.317 e. The van der Waals surface area contributed by atoms with Crippen LogP contribution in [-0.2, 0) is 4.74 Å². The molecule has 3 rings (SSSR count). The lowest BCUT2D eigenvalue weighted by Gasteiger charge is -2.42. The van der Waals surface area contributed by atoms with E-state index in [-0.39, 0.29) is 6.10 Å². The Kier molecular flexibility index (Phi) is 4.84. The minimum absolute atomic E-state index is 0.239. The van der Waals surface area contributed by atoms with E-state index in [9.17, 15) is 8.78 Å². The van der Waals surface area contributed by atoms with Crippen LogP contribution in [0.15, 0.2) is 0 Å². The summed E-state index contributed by atoms with van der Waals surface area (Å²) >= 11 is 0. The van der Waals surface area contributed by atoms with Crippen molar-refractivity contribution in [2.45, 2.75) is 71.0 Å². The van der Waals surface area contributed by atoms with Gasteiger partial charge in [0, 0.05) is 13.1 Å². The number of nitrogens with zero attached hydrogens (tertiary/aromatic N) is 1. The van der Waals surface area contributed by atoms with Crippen LogP contribution in [0.3, 0.4) is 0 Å². The molecule has 1 aliphatic heterocycles. The third-order valence-electron chi connectivity index (χ3n) is 6.49. The van der Waals surface area contributed by atoms with Gasteiger partial charge < -0.3 is 4.74 Å². The van der Waals surface area contributed by atoms with Gasteiger partial charge >= 0.3 is 6.61 Å². The smallest absolute Gasteiger partial charge is 0.317 e. The summed E-state index contributed by atoms with van der Waals surface area (Å²) in [6.45, 7) is 2.35. The summed E-state index contributed by atoms with van der Waals surface area (Å²) < 4.78 is 28.6.